The Morgan fingerprint density at radius 2 is 2.32 bits per heavy atom. The van der Waals surface area contributed by atoms with Gasteiger partial charge in [0.05, 0.1) is 0 Å². The minimum atomic E-state index is -1.32. The van der Waals surface area contributed by atoms with Crippen molar-refractivity contribution in [1.82, 2.24) is 14.8 Å². The summed E-state index contributed by atoms with van der Waals surface area (Å²) in [7, 11) is 0. The average molecular weight is 263 g/mol. The number of aryl methyl sites for hydroxylation is 1. The number of rotatable bonds is 5. The maximum atomic E-state index is 10.6. The van der Waals surface area contributed by atoms with Crippen molar-refractivity contribution in [2.45, 2.75) is 37.8 Å². The maximum Gasteiger partial charge on any atom is 0.332 e. The van der Waals surface area contributed by atoms with E-state index >= 15 is 0 Å². The summed E-state index contributed by atoms with van der Waals surface area (Å²) in [6.07, 6.45) is 7.29. The number of carboxylic acid groups (broad SMARTS) is 1. The van der Waals surface area contributed by atoms with Crippen molar-refractivity contribution in [3.8, 4) is 0 Å². The number of aliphatic hydroxyl groups is 1. The third-order valence-corrected chi connectivity index (χ3v) is 4.18. The highest BCUT2D eigenvalue weighted by atomic mass is 16.4. The largest absolute Gasteiger partial charge is 0.479 e. The molecule has 0 aliphatic heterocycles. The molecule has 1 aromatic rings. The van der Waals surface area contributed by atoms with Gasteiger partial charge in [0.15, 0.2) is 6.10 Å². The fraction of sp³-hybridized carbons (Fsp3) is 0.615. The minimum absolute atomic E-state index is 0.178. The number of carboxylic acids is 1. The average Bonchev–Trinajstić information content (AvgIpc) is 3.10. The molecule has 102 valence electrons. The van der Waals surface area contributed by atoms with Gasteiger partial charge in [0.25, 0.3) is 0 Å². The molecule has 1 heterocycles. The van der Waals surface area contributed by atoms with Crippen LogP contribution in [0.15, 0.2) is 18.5 Å². The Kier molecular flexibility index (Phi) is 3.10. The number of nitrogens with zero attached hydrogens (tertiary/aromatic N) is 3. The molecule has 1 saturated carbocycles. The van der Waals surface area contributed by atoms with E-state index in [4.69, 9.17) is 5.11 Å². The third-order valence-electron chi connectivity index (χ3n) is 4.18. The van der Waals surface area contributed by atoms with E-state index in [1.165, 1.54) is 6.42 Å². The summed E-state index contributed by atoms with van der Waals surface area (Å²) < 4.78 is 1.88. The molecule has 0 saturated heterocycles. The number of carbonyl (C=O) groups is 1. The van der Waals surface area contributed by atoms with Crippen LogP contribution in [0.25, 0.3) is 0 Å². The first-order valence-electron chi connectivity index (χ1n) is 6.62. The van der Waals surface area contributed by atoms with E-state index in [1.807, 2.05) is 4.57 Å². The summed E-state index contributed by atoms with van der Waals surface area (Å²) in [5, 5.41) is 26.1. The second kappa shape index (κ2) is 4.77. The van der Waals surface area contributed by atoms with Gasteiger partial charge in [-0.15, -0.1) is 10.2 Å². The summed E-state index contributed by atoms with van der Waals surface area (Å²) in [4.78, 5) is 10.6. The van der Waals surface area contributed by atoms with Gasteiger partial charge in [-0.3, -0.25) is 0 Å². The van der Waals surface area contributed by atoms with E-state index in [9.17, 15) is 9.90 Å². The number of hydrogen-bond acceptors (Lipinski definition) is 4. The van der Waals surface area contributed by atoms with Crippen molar-refractivity contribution in [1.29, 1.82) is 0 Å². The van der Waals surface area contributed by atoms with Crippen molar-refractivity contribution >= 4 is 5.97 Å². The van der Waals surface area contributed by atoms with Crippen LogP contribution in [0.3, 0.4) is 0 Å². The summed E-state index contributed by atoms with van der Waals surface area (Å²) >= 11 is 0. The van der Waals surface area contributed by atoms with Crippen LogP contribution in [0.1, 0.15) is 31.0 Å². The molecule has 1 fully saturated rings. The van der Waals surface area contributed by atoms with Crippen LogP contribution in [0.4, 0.5) is 0 Å². The lowest BCUT2D eigenvalue weighted by Gasteiger charge is -2.18. The van der Waals surface area contributed by atoms with Crippen LogP contribution in [0, 0.1) is 11.8 Å². The Labute approximate surface area is 110 Å². The first-order valence-corrected chi connectivity index (χ1v) is 6.62. The Morgan fingerprint density at radius 3 is 2.95 bits per heavy atom. The van der Waals surface area contributed by atoms with E-state index in [0.29, 0.717) is 24.3 Å². The van der Waals surface area contributed by atoms with Crippen molar-refractivity contribution in [2.75, 3.05) is 0 Å². The van der Waals surface area contributed by atoms with Gasteiger partial charge in [-0.25, -0.2) is 4.79 Å². The predicted molar refractivity (Wildman–Crippen MR) is 66.4 cm³/mol. The zero-order valence-electron chi connectivity index (χ0n) is 10.5. The van der Waals surface area contributed by atoms with Crippen LogP contribution in [-0.4, -0.2) is 37.1 Å². The minimum Gasteiger partial charge on any atom is -0.479 e. The fourth-order valence-electron chi connectivity index (χ4n) is 3.19. The maximum absolute atomic E-state index is 10.6. The molecular weight excluding hydrogens is 246 g/mol. The molecule has 4 unspecified atom stereocenters. The smallest absolute Gasteiger partial charge is 0.332 e. The van der Waals surface area contributed by atoms with Gasteiger partial charge < -0.3 is 14.8 Å². The lowest BCUT2D eigenvalue weighted by atomic mass is 9.93. The van der Waals surface area contributed by atoms with Crippen molar-refractivity contribution < 1.29 is 15.0 Å². The van der Waals surface area contributed by atoms with Crippen molar-refractivity contribution in [3.63, 3.8) is 0 Å². The van der Waals surface area contributed by atoms with E-state index in [2.05, 4.69) is 22.3 Å². The zero-order valence-corrected chi connectivity index (χ0v) is 10.5. The summed E-state index contributed by atoms with van der Waals surface area (Å²) in [5.74, 6) is 1.33. The molecule has 0 amide bonds. The lowest BCUT2D eigenvalue weighted by Crippen LogP contribution is -2.22. The number of aliphatic carboxylic acids is 1. The lowest BCUT2D eigenvalue weighted by molar-refractivity contribution is -0.147. The summed E-state index contributed by atoms with van der Waals surface area (Å²) in [5.41, 5.74) is 0. The number of allylic oxidation sites excluding steroid dienone is 2. The Balaban J connectivity index is 1.69. The number of aliphatic hydroxyl groups excluding tert-OH is 1. The molecule has 6 heteroatoms. The standard InChI is InChI=1S/C13H17N3O3/c17-11(13(18)19)3-4-16-7-14-15-12(16)10-6-8-1-2-9(10)5-8/h1-2,7-11,17H,3-6H2,(H,18,19). The van der Waals surface area contributed by atoms with Crippen molar-refractivity contribution in [2.24, 2.45) is 11.8 Å². The van der Waals surface area contributed by atoms with E-state index in [1.54, 1.807) is 6.33 Å². The molecular formula is C13H17N3O3. The predicted octanol–water partition coefficient (Wildman–Crippen LogP) is 0.793. The van der Waals surface area contributed by atoms with E-state index < -0.39 is 12.1 Å². The number of hydrogen-bond donors (Lipinski definition) is 2. The van der Waals surface area contributed by atoms with Gasteiger partial charge >= 0.3 is 5.97 Å². The van der Waals surface area contributed by atoms with Crippen LogP contribution in [-0.2, 0) is 11.3 Å². The molecule has 2 bridgehead atoms. The molecule has 3 rings (SSSR count). The van der Waals surface area contributed by atoms with Gasteiger partial charge in [0.2, 0.25) is 0 Å². The second-order valence-electron chi connectivity index (χ2n) is 5.41. The molecule has 6 nitrogen and oxygen atoms in total. The first kappa shape index (κ1) is 12.3. The molecule has 2 aliphatic carbocycles. The highest BCUT2D eigenvalue weighted by Crippen LogP contribution is 2.48. The molecule has 19 heavy (non-hydrogen) atoms. The molecule has 4 atom stereocenters. The van der Waals surface area contributed by atoms with Crippen LogP contribution >= 0.6 is 0 Å². The molecule has 2 aliphatic rings. The fourth-order valence-corrected chi connectivity index (χ4v) is 3.19. The van der Waals surface area contributed by atoms with E-state index in [0.717, 1.165) is 12.2 Å². The quantitative estimate of drug-likeness (QED) is 0.767. The van der Waals surface area contributed by atoms with Crippen LogP contribution in [0.2, 0.25) is 0 Å². The number of fused-ring (bicyclic) bond motifs is 2. The Bertz CT molecular complexity index is 511. The molecule has 1 aromatic heterocycles. The topological polar surface area (TPSA) is 88.2 Å². The van der Waals surface area contributed by atoms with Crippen LogP contribution in [0.5, 0.6) is 0 Å². The van der Waals surface area contributed by atoms with Gasteiger partial charge in [-0.2, -0.15) is 0 Å². The van der Waals surface area contributed by atoms with Crippen molar-refractivity contribution in [3.05, 3.63) is 24.3 Å². The molecule has 0 radical (unpaired) electrons. The van der Waals surface area contributed by atoms with Gasteiger partial charge in [-0.1, -0.05) is 12.2 Å². The summed E-state index contributed by atoms with van der Waals surface area (Å²) in [6, 6.07) is 0. The SMILES string of the molecule is O=C(O)C(O)CCn1cnnc1C1CC2C=CC1C2. The first-order chi connectivity index (χ1) is 9.15. The van der Waals surface area contributed by atoms with Gasteiger partial charge in [0, 0.05) is 18.9 Å². The third kappa shape index (κ3) is 2.28. The molecule has 0 spiro atoms. The van der Waals surface area contributed by atoms with Gasteiger partial charge in [0.1, 0.15) is 12.2 Å². The monoisotopic (exact) mass is 263 g/mol. The normalized spacial score (nSPS) is 29.8. The second-order valence-corrected chi connectivity index (χ2v) is 5.41. The van der Waals surface area contributed by atoms with Crippen LogP contribution < -0.4 is 0 Å². The zero-order chi connectivity index (χ0) is 13.4. The van der Waals surface area contributed by atoms with E-state index in [-0.39, 0.29) is 6.42 Å². The summed E-state index contributed by atoms with van der Waals surface area (Å²) in [6.45, 7) is 0.438. The molecule has 0 aromatic carbocycles. The highest BCUT2D eigenvalue weighted by Gasteiger charge is 2.38. The number of aromatic nitrogens is 3. The molecule has 2 N–H and O–H groups in total. The van der Waals surface area contributed by atoms with Gasteiger partial charge in [-0.05, 0) is 24.7 Å². The Hall–Kier alpha value is -1.69. The Morgan fingerprint density at radius 1 is 1.47 bits per heavy atom. The highest BCUT2D eigenvalue weighted by molar-refractivity contribution is 5.71.